The lowest BCUT2D eigenvalue weighted by molar-refractivity contribution is -0.916. The molecule has 1 unspecified atom stereocenters. The molecule has 1 aliphatic heterocycles. The molecule has 1 heterocycles. The number of hydrogen-bond acceptors (Lipinski definition) is 2. The van der Waals surface area contributed by atoms with Crippen LogP contribution in [0.4, 0.5) is 0 Å². The van der Waals surface area contributed by atoms with Gasteiger partial charge in [0.25, 0.3) is 0 Å². The molecule has 0 aliphatic carbocycles. The zero-order chi connectivity index (χ0) is 16.2. The molecular formula is C18H32N2O2+2. The van der Waals surface area contributed by atoms with Crippen molar-refractivity contribution in [2.45, 2.75) is 44.9 Å². The average Bonchev–Trinajstić information content (AvgIpc) is 2.50. The second-order valence-corrected chi connectivity index (χ2v) is 7.04. The molecular weight excluding hydrogens is 276 g/mol. The van der Waals surface area contributed by atoms with Crippen molar-refractivity contribution in [1.29, 1.82) is 0 Å². The number of methoxy groups -OCH3 is 1. The van der Waals surface area contributed by atoms with E-state index in [1.165, 1.54) is 5.56 Å². The first-order valence-electron chi connectivity index (χ1n) is 8.44. The maximum absolute atomic E-state index is 10.9. The first-order chi connectivity index (χ1) is 10.4. The molecule has 0 saturated carbocycles. The summed E-state index contributed by atoms with van der Waals surface area (Å²) in [7, 11) is 3.92. The largest absolute Gasteiger partial charge is 0.497 e. The lowest BCUT2D eigenvalue weighted by Crippen LogP contribution is -3.15. The van der Waals surface area contributed by atoms with E-state index in [-0.39, 0.29) is 0 Å². The van der Waals surface area contributed by atoms with E-state index in [4.69, 9.17) is 4.74 Å². The Morgan fingerprint density at radius 2 is 2.00 bits per heavy atom. The SMILES string of the molecule is COc1ccc(C[NH2+]CC[C@]2(O)C[C@H](C)[NH+](C)C[C@H]2C)cc1. The molecule has 4 N–H and O–H groups in total. The number of quaternary nitrogens is 2. The Balaban J connectivity index is 1.77. The summed E-state index contributed by atoms with van der Waals surface area (Å²) in [4.78, 5) is 1.54. The monoisotopic (exact) mass is 308 g/mol. The molecule has 4 heteroatoms. The number of benzene rings is 1. The molecule has 22 heavy (non-hydrogen) atoms. The third-order valence-electron chi connectivity index (χ3n) is 5.37. The van der Waals surface area contributed by atoms with Crippen LogP contribution in [0.1, 0.15) is 32.3 Å². The Hall–Kier alpha value is -1.10. The Morgan fingerprint density at radius 1 is 1.32 bits per heavy atom. The maximum atomic E-state index is 10.9. The van der Waals surface area contributed by atoms with Crippen molar-refractivity contribution < 1.29 is 20.1 Å². The minimum atomic E-state index is -0.491. The van der Waals surface area contributed by atoms with Crippen LogP contribution in [0.5, 0.6) is 5.75 Å². The predicted molar refractivity (Wildman–Crippen MR) is 88.1 cm³/mol. The number of rotatable bonds is 6. The van der Waals surface area contributed by atoms with Gasteiger partial charge in [0.2, 0.25) is 0 Å². The Bertz CT molecular complexity index is 463. The van der Waals surface area contributed by atoms with Crippen LogP contribution >= 0.6 is 0 Å². The van der Waals surface area contributed by atoms with Gasteiger partial charge in [0, 0.05) is 24.3 Å². The van der Waals surface area contributed by atoms with E-state index in [9.17, 15) is 5.11 Å². The minimum Gasteiger partial charge on any atom is -0.497 e. The summed E-state index contributed by atoms with van der Waals surface area (Å²) in [5, 5.41) is 13.2. The van der Waals surface area contributed by atoms with Crippen molar-refractivity contribution in [2.75, 3.05) is 27.2 Å². The number of nitrogens with two attached hydrogens (primary N) is 1. The molecule has 4 nitrogen and oxygen atoms in total. The highest BCUT2D eigenvalue weighted by Gasteiger charge is 2.43. The quantitative estimate of drug-likeness (QED) is 0.639. The lowest BCUT2D eigenvalue weighted by atomic mass is 9.77. The van der Waals surface area contributed by atoms with Gasteiger partial charge >= 0.3 is 0 Å². The van der Waals surface area contributed by atoms with Gasteiger partial charge in [-0.3, -0.25) is 0 Å². The Kier molecular flexibility index (Phi) is 5.84. The summed E-state index contributed by atoms with van der Waals surface area (Å²) in [6, 6.07) is 8.75. The molecule has 1 aromatic rings. The fourth-order valence-corrected chi connectivity index (χ4v) is 3.51. The second kappa shape index (κ2) is 7.44. The molecule has 2 rings (SSSR count). The second-order valence-electron chi connectivity index (χ2n) is 7.04. The molecule has 0 radical (unpaired) electrons. The standard InChI is InChI=1S/C18H30N2O2/c1-14-13-20(3)15(2)11-18(14,21)9-10-19-12-16-5-7-17(22-4)8-6-16/h5-8,14-15,19,21H,9-13H2,1-4H3/p+2/t14-,15+,18+/m1/s1. The smallest absolute Gasteiger partial charge is 0.118 e. The minimum absolute atomic E-state index is 0.373. The van der Waals surface area contributed by atoms with Crippen LogP contribution < -0.4 is 15.0 Å². The van der Waals surface area contributed by atoms with Gasteiger partial charge in [0.05, 0.1) is 38.9 Å². The van der Waals surface area contributed by atoms with Crippen molar-refractivity contribution in [3.05, 3.63) is 29.8 Å². The normalized spacial score (nSPS) is 32.0. The fraction of sp³-hybridized carbons (Fsp3) is 0.667. The fourth-order valence-electron chi connectivity index (χ4n) is 3.51. The van der Waals surface area contributed by atoms with Crippen LogP contribution in [0.3, 0.4) is 0 Å². The Labute approximate surface area is 134 Å². The first kappa shape index (κ1) is 17.3. The third-order valence-corrected chi connectivity index (χ3v) is 5.37. The van der Waals surface area contributed by atoms with Gasteiger partial charge in [-0.1, -0.05) is 6.92 Å². The molecule has 1 saturated heterocycles. The van der Waals surface area contributed by atoms with Crippen molar-refractivity contribution in [2.24, 2.45) is 5.92 Å². The lowest BCUT2D eigenvalue weighted by Gasteiger charge is -2.43. The number of piperidine rings is 1. The summed E-state index contributed by atoms with van der Waals surface area (Å²) in [6.07, 6.45) is 1.79. The van der Waals surface area contributed by atoms with Gasteiger partial charge in [-0.15, -0.1) is 0 Å². The van der Waals surface area contributed by atoms with Gasteiger partial charge in [0.1, 0.15) is 12.3 Å². The van der Waals surface area contributed by atoms with E-state index in [0.717, 1.165) is 38.2 Å². The number of likely N-dealkylation sites (tertiary alicyclic amines) is 1. The molecule has 0 amide bonds. The average molecular weight is 308 g/mol. The van der Waals surface area contributed by atoms with E-state index in [2.05, 4.69) is 38.3 Å². The van der Waals surface area contributed by atoms with Gasteiger partial charge in [-0.25, -0.2) is 0 Å². The summed E-state index contributed by atoms with van der Waals surface area (Å²) in [5.74, 6) is 1.27. The molecule has 124 valence electrons. The zero-order valence-corrected chi connectivity index (χ0v) is 14.4. The summed E-state index contributed by atoms with van der Waals surface area (Å²) in [6.45, 7) is 7.43. The highest BCUT2D eigenvalue weighted by molar-refractivity contribution is 5.26. The maximum Gasteiger partial charge on any atom is 0.118 e. The molecule has 0 aromatic heterocycles. The van der Waals surface area contributed by atoms with Gasteiger partial charge in [0.15, 0.2) is 0 Å². The highest BCUT2D eigenvalue weighted by atomic mass is 16.5. The first-order valence-corrected chi connectivity index (χ1v) is 8.44. The highest BCUT2D eigenvalue weighted by Crippen LogP contribution is 2.27. The van der Waals surface area contributed by atoms with E-state index < -0.39 is 5.60 Å². The van der Waals surface area contributed by atoms with Crippen LogP contribution in [0.2, 0.25) is 0 Å². The van der Waals surface area contributed by atoms with Gasteiger partial charge < -0.3 is 20.1 Å². The molecule has 1 fully saturated rings. The van der Waals surface area contributed by atoms with Crippen molar-refractivity contribution >= 4 is 0 Å². The molecule has 1 aromatic carbocycles. The molecule has 4 atom stereocenters. The number of nitrogens with one attached hydrogen (secondary N) is 1. The van der Waals surface area contributed by atoms with Crippen LogP contribution in [0.15, 0.2) is 24.3 Å². The number of aliphatic hydroxyl groups is 1. The van der Waals surface area contributed by atoms with Crippen molar-refractivity contribution in [3.8, 4) is 5.75 Å². The van der Waals surface area contributed by atoms with Crippen molar-refractivity contribution in [3.63, 3.8) is 0 Å². The summed E-state index contributed by atoms with van der Waals surface area (Å²) >= 11 is 0. The number of hydrogen-bond donors (Lipinski definition) is 3. The topological polar surface area (TPSA) is 50.5 Å². The number of ether oxygens (including phenoxy) is 1. The van der Waals surface area contributed by atoms with E-state index >= 15 is 0 Å². The predicted octanol–water partition coefficient (Wildman–Crippen LogP) is -0.177. The molecule has 0 bridgehead atoms. The van der Waals surface area contributed by atoms with Gasteiger partial charge in [-0.2, -0.15) is 0 Å². The molecule has 1 aliphatic rings. The summed E-state index contributed by atoms with van der Waals surface area (Å²) in [5.41, 5.74) is 0.803. The van der Waals surface area contributed by atoms with Crippen LogP contribution in [-0.4, -0.2) is 44.0 Å². The van der Waals surface area contributed by atoms with E-state index in [0.29, 0.717) is 12.0 Å². The van der Waals surface area contributed by atoms with E-state index in [1.807, 2.05) is 12.1 Å². The summed E-state index contributed by atoms with van der Waals surface area (Å²) < 4.78 is 5.17. The molecule has 0 spiro atoms. The third kappa shape index (κ3) is 4.22. The van der Waals surface area contributed by atoms with Crippen molar-refractivity contribution in [1.82, 2.24) is 0 Å². The van der Waals surface area contributed by atoms with Crippen LogP contribution in [0, 0.1) is 5.92 Å². The van der Waals surface area contributed by atoms with E-state index in [1.54, 1.807) is 12.0 Å². The zero-order valence-electron chi connectivity index (χ0n) is 14.4. The Morgan fingerprint density at radius 3 is 2.64 bits per heavy atom. The van der Waals surface area contributed by atoms with Crippen LogP contribution in [-0.2, 0) is 6.54 Å². The van der Waals surface area contributed by atoms with Crippen LogP contribution in [0.25, 0.3) is 0 Å². The van der Waals surface area contributed by atoms with Gasteiger partial charge in [-0.05, 0) is 31.2 Å².